The van der Waals surface area contributed by atoms with Crippen LogP contribution in [-0.4, -0.2) is 24.9 Å². The number of benzene rings is 2. The van der Waals surface area contributed by atoms with Gasteiger partial charge in [-0.15, -0.1) is 0 Å². The average molecular weight is 372 g/mol. The monoisotopic (exact) mass is 372 g/mol. The summed E-state index contributed by atoms with van der Waals surface area (Å²) in [6, 6.07) is 17.0. The van der Waals surface area contributed by atoms with E-state index in [1.165, 1.54) is 22.4 Å². The molecule has 1 unspecified atom stereocenters. The van der Waals surface area contributed by atoms with Gasteiger partial charge in [0.05, 0.1) is 5.41 Å². The summed E-state index contributed by atoms with van der Waals surface area (Å²) < 4.78 is 17.3. The number of pyridine rings is 1. The number of fused-ring (bicyclic) bond motifs is 5. The highest BCUT2D eigenvalue weighted by atomic mass is 16.7. The maximum atomic E-state index is 6.16. The van der Waals surface area contributed by atoms with Gasteiger partial charge in [0.2, 0.25) is 6.79 Å². The number of ether oxygens (including phenoxy) is 3. The van der Waals surface area contributed by atoms with Crippen molar-refractivity contribution in [3.8, 4) is 17.2 Å². The maximum absolute atomic E-state index is 6.16. The fraction of sp³-hybridized carbons (Fsp3) is 0.261. The third-order valence-corrected chi connectivity index (χ3v) is 6.03. The second-order valence-electron chi connectivity index (χ2n) is 7.75. The maximum Gasteiger partial charge on any atom is 0.231 e. The average Bonchev–Trinajstić information content (AvgIpc) is 3.40. The lowest BCUT2D eigenvalue weighted by Crippen LogP contribution is -2.35. The largest absolute Gasteiger partial charge is 0.492 e. The smallest absolute Gasteiger partial charge is 0.231 e. The normalized spacial score (nSPS) is 21.0. The molecular weight excluding hydrogens is 352 g/mol. The quantitative estimate of drug-likeness (QED) is 0.684. The third kappa shape index (κ3) is 2.16. The number of nitrogens with zero attached hydrogens (tertiary/aromatic N) is 2. The van der Waals surface area contributed by atoms with E-state index in [2.05, 4.69) is 52.3 Å². The predicted octanol–water partition coefficient (Wildman–Crippen LogP) is 3.82. The standard InChI is InChI=1S/C23H20N2O3/c1-15-6-7-16(10-24-15)11-25-12-23(17-4-2-3-5-19(17)25)13-26-20-9-22-21(8-18(20)23)27-14-28-22/h2-10H,11-14H2,1H3. The van der Waals surface area contributed by atoms with Crippen molar-refractivity contribution in [1.82, 2.24) is 4.98 Å². The molecule has 4 heterocycles. The fourth-order valence-electron chi connectivity index (χ4n) is 4.65. The van der Waals surface area contributed by atoms with Gasteiger partial charge in [0, 0.05) is 42.3 Å². The van der Waals surface area contributed by atoms with E-state index in [0.717, 1.165) is 36.0 Å². The Kier molecular flexibility index (Phi) is 3.19. The molecule has 5 nitrogen and oxygen atoms in total. The lowest BCUT2D eigenvalue weighted by Gasteiger charge is -2.25. The number of aryl methyl sites for hydroxylation is 1. The minimum Gasteiger partial charge on any atom is -0.492 e. The Balaban J connectivity index is 1.44. The molecule has 0 aliphatic carbocycles. The van der Waals surface area contributed by atoms with Crippen molar-refractivity contribution in [2.45, 2.75) is 18.9 Å². The summed E-state index contributed by atoms with van der Waals surface area (Å²) in [5, 5.41) is 0. The lowest BCUT2D eigenvalue weighted by molar-refractivity contribution is 0.173. The van der Waals surface area contributed by atoms with E-state index in [1.54, 1.807) is 0 Å². The molecule has 0 radical (unpaired) electrons. The van der Waals surface area contributed by atoms with Crippen molar-refractivity contribution in [1.29, 1.82) is 0 Å². The van der Waals surface area contributed by atoms with Crippen molar-refractivity contribution >= 4 is 5.69 Å². The number of para-hydroxylation sites is 1. The summed E-state index contributed by atoms with van der Waals surface area (Å²) >= 11 is 0. The van der Waals surface area contributed by atoms with Gasteiger partial charge in [-0.1, -0.05) is 24.3 Å². The third-order valence-electron chi connectivity index (χ3n) is 6.03. The molecule has 0 saturated heterocycles. The van der Waals surface area contributed by atoms with Gasteiger partial charge >= 0.3 is 0 Å². The zero-order chi connectivity index (χ0) is 18.7. The van der Waals surface area contributed by atoms with Crippen molar-refractivity contribution in [3.05, 3.63) is 77.1 Å². The van der Waals surface area contributed by atoms with E-state index >= 15 is 0 Å². The van der Waals surface area contributed by atoms with Gasteiger partial charge in [-0.25, -0.2) is 0 Å². The van der Waals surface area contributed by atoms with Crippen LogP contribution in [0, 0.1) is 6.92 Å². The van der Waals surface area contributed by atoms with E-state index in [4.69, 9.17) is 14.2 Å². The van der Waals surface area contributed by atoms with Gasteiger partial charge in [-0.3, -0.25) is 4.98 Å². The molecule has 140 valence electrons. The SMILES string of the molecule is Cc1ccc(CN2CC3(COc4cc5c(cc43)OCO5)c3ccccc32)cn1. The van der Waals surface area contributed by atoms with Crippen LogP contribution in [0.1, 0.15) is 22.4 Å². The minimum atomic E-state index is -0.189. The topological polar surface area (TPSA) is 43.8 Å². The first-order chi connectivity index (χ1) is 13.7. The molecule has 0 saturated carbocycles. The first-order valence-electron chi connectivity index (χ1n) is 9.56. The van der Waals surface area contributed by atoms with Gasteiger partial charge in [0.25, 0.3) is 0 Å². The van der Waals surface area contributed by atoms with Crippen molar-refractivity contribution in [3.63, 3.8) is 0 Å². The Bertz CT molecular complexity index is 1080. The molecule has 0 N–H and O–H groups in total. The zero-order valence-electron chi connectivity index (χ0n) is 15.6. The van der Waals surface area contributed by atoms with Gasteiger partial charge in [-0.2, -0.15) is 0 Å². The van der Waals surface area contributed by atoms with Crippen molar-refractivity contribution in [2.24, 2.45) is 0 Å². The van der Waals surface area contributed by atoms with Crippen molar-refractivity contribution in [2.75, 3.05) is 24.8 Å². The number of anilines is 1. The molecule has 3 aliphatic rings. The van der Waals surface area contributed by atoms with Crippen LogP contribution < -0.4 is 19.1 Å². The highest BCUT2D eigenvalue weighted by Gasteiger charge is 2.50. The summed E-state index contributed by atoms with van der Waals surface area (Å²) in [6.07, 6.45) is 1.97. The Hall–Kier alpha value is -3.21. The lowest BCUT2D eigenvalue weighted by atomic mass is 9.77. The summed E-state index contributed by atoms with van der Waals surface area (Å²) in [7, 11) is 0. The van der Waals surface area contributed by atoms with Crippen LogP contribution in [0.2, 0.25) is 0 Å². The van der Waals surface area contributed by atoms with Crippen LogP contribution in [0.15, 0.2) is 54.7 Å². The van der Waals surface area contributed by atoms with Gasteiger partial charge in [0.15, 0.2) is 11.5 Å². The number of hydrogen-bond donors (Lipinski definition) is 0. The second-order valence-corrected chi connectivity index (χ2v) is 7.75. The van der Waals surface area contributed by atoms with E-state index in [-0.39, 0.29) is 12.2 Å². The summed E-state index contributed by atoms with van der Waals surface area (Å²) in [5.74, 6) is 2.48. The molecule has 5 heteroatoms. The molecule has 6 rings (SSSR count). The van der Waals surface area contributed by atoms with E-state index in [9.17, 15) is 0 Å². The van der Waals surface area contributed by atoms with Crippen LogP contribution in [0.5, 0.6) is 17.2 Å². The summed E-state index contributed by atoms with van der Waals surface area (Å²) in [6.45, 7) is 4.61. The van der Waals surface area contributed by atoms with Crippen LogP contribution in [0.3, 0.4) is 0 Å². The van der Waals surface area contributed by atoms with Crippen molar-refractivity contribution < 1.29 is 14.2 Å². The van der Waals surface area contributed by atoms with Gasteiger partial charge in [0.1, 0.15) is 12.4 Å². The molecular formula is C23H20N2O3. The first-order valence-corrected chi connectivity index (χ1v) is 9.56. The minimum absolute atomic E-state index is 0.189. The Labute approximate surface area is 163 Å². The van der Waals surface area contributed by atoms with Gasteiger partial charge < -0.3 is 19.1 Å². The molecule has 1 atom stereocenters. The van der Waals surface area contributed by atoms with Crippen LogP contribution in [0.25, 0.3) is 0 Å². The Morgan fingerprint density at radius 2 is 1.82 bits per heavy atom. The molecule has 2 aromatic carbocycles. The van der Waals surface area contributed by atoms with Crippen LogP contribution in [0.4, 0.5) is 5.69 Å². The first kappa shape index (κ1) is 15.8. The molecule has 3 aromatic rings. The molecule has 0 amide bonds. The second kappa shape index (κ2) is 5.64. The molecule has 0 bridgehead atoms. The molecule has 1 aromatic heterocycles. The summed E-state index contributed by atoms with van der Waals surface area (Å²) in [4.78, 5) is 6.89. The highest BCUT2D eigenvalue weighted by Crippen LogP contribution is 2.54. The molecule has 3 aliphatic heterocycles. The number of hydrogen-bond acceptors (Lipinski definition) is 5. The van der Waals surface area contributed by atoms with Crippen LogP contribution in [-0.2, 0) is 12.0 Å². The predicted molar refractivity (Wildman–Crippen MR) is 105 cm³/mol. The Morgan fingerprint density at radius 1 is 0.964 bits per heavy atom. The molecule has 0 fully saturated rings. The van der Waals surface area contributed by atoms with E-state index in [0.29, 0.717) is 6.61 Å². The summed E-state index contributed by atoms with van der Waals surface area (Å²) in [5.41, 5.74) is 5.82. The highest BCUT2D eigenvalue weighted by molar-refractivity contribution is 5.70. The van der Waals surface area contributed by atoms with Gasteiger partial charge in [-0.05, 0) is 36.2 Å². The van der Waals surface area contributed by atoms with E-state index < -0.39 is 0 Å². The fourth-order valence-corrected chi connectivity index (χ4v) is 4.65. The zero-order valence-corrected chi connectivity index (χ0v) is 15.6. The number of rotatable bonds is 2. The Morgan fingerprint density at radius 3 is 2.68 bits per heavy atom. The van der Waals surface area contributed by atoms with Crippen LogP contribution >= 0.6 is 0 Å². The molecule has 28 heavy (non-hydrogen) atoms. The van der Waals surface area contributed by atoms with E-state index in [1.807, 2.05) is 19.2 Å². The number of aromatic nitrogens is 1. The molecule has 1 spiro atoms.